The Morgan fingerprint density at radius 2 is 1.63 bits per heavy atom. The summed E-state index contributed by atoms with van der Waals surface area (Å²) < 4.78 is 27.5. The van der Waals surface area contributed by atoms with Crippen LogP contribution in [0.4, 0.5) is 17.2 Å². The summed E-state index contributed by atoms with van der Waals surface area (Å²) in [5.41, 5.74) is 4.81. The molecule has 0 saturated carbocycles. The Morgan fingerprint density at radius 1 is 0.886 bits per heavy atom. The quantitative estimate of drug-likeness (QED) is 0.397. The second kappa shape index (κ2) is 9.60. The van der Waals surface area contributed by atoms with E-state index in [-0.39, 0.29) is 16.6 Å². The van der Waals surface area contributed by atoms with Crippen LogP contribution in [0.2, 0.25) is 0 Å². The van der Waals surface area contributed by atoms with E-state index in [2.05, 4.69) is 44.2 Å². The van der Waals surface area contributed by atoms with E-state index in [0.29, 0.717) is 11.3 Å². The molecule has 0 spiro atoms. The number of benzene rings is 3. The van der Waals surface area contributed by atoms with E-state index in [0.717, 1.165) is 25.1 Å². The fourth-order valence-corrected chi connectivity index (χ4v) is 5.10. The molecule has 1 aliphatic heterocycles. The Bertz CT molecular complexity index is 1440. The highest BCUT2D eigenvalue weighted by Gasteiger charge is 2.18. The Balaban J connectivity index is 1.20. The van der Waals surface area contributed by atoms with Crippen molar-refractivity contribution in [2.75, 3.05) is 21.5 Å². The zero-order chi connectivity index (χ0) is 24.3. The number of nitrogens with zero attached hydrogens (tertiary/aromatic N) is 2. The predicted octanol–water partition coefficient (Wildman–Crippen LogP) is 4.70. The van der Waals surface area contributed by atoms with Crippen LogP contribution in [0.15, 0.2) is 102 Å². The minimum atomic E-state index is -3.77. The molecular weight excluding hydrogens is 460 g/mol. The van der Waals surface area contributed by atoms with Crippen molar-refractivity contribution >= 4 is 33.1 Å². The van der Waals surface area contributed by atoms with Gasteiger partial charge in [-0.25, -0.2) is 13.4 Å². The summed E-state index contributed by atoms with van der Waals surface area (Å²) in [6.45, 7) is 1.78. The van der Waals surface area contributed by atoms with Gasteiger partial charge >= 0.3 is 0 Å². The van der Waals surface area contributed by atoms with Crippen molar-refractivity contribution < 1.29 is 13.2 Å². The minimum Gasteiger partial charge on any atom is -0.367 e. The number of rotatable bonds is 7. The number of fused-ring (bicyclic) bond motifs is 1. The number of para-hydroxylation sites is 1. The maximum atomic E-state index is 12.7. The van der Waals surface area contributed by atoms with Gasteiger partial charge in [0, 0.05) is 36.2 Å². The Labute approximate surface area is 204 Å². The second-order valence-electron chi connectivity index (χ2n) is 8.30. The molecule has 0 atom stereocenters. The molecule has 7 nitrogen and oxygen atoms in total. The first-order valence-corrected chi connectivity index (χ1v) is 12.7. The zero-order valence-electron chi connectivity index (χ0n) is 18.9. The number of hydrogen-bond donors (Lipinski definition) is 2. The molecule has 2 N–H and O–H groups in total. The molecule has 2 heterocycles. The van der Waals surface area contributed by atoms with Crippen LogP contribution in [0.1, 0.15) is 21.5 Å². The van der Waals surface area contributed by atoms with E-state index in [1.54, 1.807) is 30.3 Å². The van der Waals surface area contributed by atoms with Crippen LogP contribution >= 0.6 is 0 Å². The van der Waals surface area contributed by atoms with Gasteiger partial charge in [0.1, 0.15) is 5.82 Å². The van der Waals surface area contributed by atoms with Crippen molar-refractivity contribution in [3.63, 3.8) is 0 Å². The first-order chi connectivity index (χ1) is 17.0. The molecule has 5 rings (SSSR count). The minimum absolute atomic E-state index is 0.0778. The molecular formula is C27H24N4O3S. The first kappa shape index (κ1) is 22.6. The van der Waals surface area contributed by atoms with Crippen LogP contribution in [0.5, 0.6) is 0 Å². The monoisotopic (exact) mass is 484 g/mol. The average molecular weight is 485 g/mol. The Morgan fingerprint density at radius 3 is 2.37 bits per heavy atom. The number of hydrogen-bond acceptors (Lipinski definition) is 5. The number of sulfonamides is 1. The Kier molecular flexibility index (Phi) is 6.20. The van der Waals surface area contributed by atoms with Crippen molar-refractivity contribution in [1.29, 1.82) is 0 Å². The maximum Gasteiger partial charge on any atom is 0.263 e. The van der Waals surface area contributed by atoms with E-state index in [9.17, 15) is 13.2 Å². The number of nitrogens with one attached hydrogen (secondary N) is 2. The SMILES string of the molecule is O=C(Nc1ccc(S(=O)(=O)Nc2ccccn2)cc1)c1ccc(CN2CCc3ccccc32)cc1. The van der Waals surface area contributed by atoms with E-state index in [4.69, 9.17) is 0 Å². The van der Waals surface area contributed by atoms with Crippen molar-refractivity contribution in [3.05, 3.63) is 114 Å². The van der Waals surface area contributed by atoms with Crippen LogP contribution in [0.25, 0.3) is 0 Å². The normalized spacial score (nSPS) is 12.7. The van der Waals surface area contributed by atoms with Gasteiger partial charge in [0.25, 0.3) is 15.9 Å². The highest BCUT2D eigenvalue weighted by Crippen LogP contribution is 2.29. The standard InChI is InChI=1S/C27H24N4O3S/c32-27(22-10-8-20(9-11-22)19-31-18-16-21-5-1-2-6-25(21)31)29-23-12-14-24(15-13-23)35(33,34)30-26-7-3-4-17-28-26/h1-15,17H,16,18-19H2,(H,28,30)(H,29,32). The molecule has 35 heavy (non-hydrogen) atoms. The third-order valence-electron chi connectivity index (χ3n) is 5.90. The van der Waals surface area contributed by atoms with E-state index in [1.807, 2.05) is 24.3 Å². The largest absolute Gasteiger partial charge is 0.367 e. The summed E-state index contributed by atoms with van der Waals surface area (Å²) in [5.74, 6) is -0.0208. The van der Waals surface area contributed by atoms with Crippen LogP contribution in [-0.2, 0) is 23.0 Å². The third kappa shape index (κ3) is 5.17. The predicted molar refractivity (Wildman–Crippen MR) is 137 cm³/mol. The summed E-state index contributed by atoms with van der Waals surface area (Å²) in [4.78, 5) is 19.1. The molecule has 0 radical (unpaired) electrons. The first-order valence-electron chi connectivity index (χ1n) is 11.2. The van der Waals surface area contributed by atoms with Gasteiger partial charge in [0.2, 0.25) is 0 Å². The number of carbonyl (C=O) groups is 1. The van der Waals surface area contributed by atoms with Gasteiger partial charge in [-0.2, -0.15) is 0 Å². The molecule has 0 bridgehead atoms. The van der Waals surface area contributed by atoms with Gasteiger partial charge in [-0.05, 0) is 72.1 Å². The van der Waals surface area contributed by atoms with Crippen molar-refractivity contribution in [2.45, 2.75) is 17.9 Å². The average Bonchev–Trinajstić information content (AvgIpc) is 3.28. The van der Waals surface area contributed by atoms with Gasteiger partial charge in [0.05, 0.1) is 4.90 Å². The lowest BCUT2D eigenvalue weighted by molar-refractivity contribution is 0.102. The molecule has 0 fully saturated rings. The smallest absolute Gasteiger partial charge is 0.263 e. The zero-order valence-corrected chi connectivity index (χ0v) is 19.7. The molecule has 3 aromatic carbocycles. The molecule has 8 heteroatoms. The highest BCUT2D eigenvalue weighted by molar-refractivity contribution is 7.92. The van der Waals surface area contributed by atoms with Crippen LogP contribution in [0, 0.1) is 0 Å². The van der Waals surface area contributed by atoms with Gasteiger partial charge in [-0.15, -0.1) is 0 Å². The Hall–Kier alpha value is -4.17. The van der Waals surface area contributed by atoms with Gasteiger partial charge in [-0.3, -0.25) is 9.52 Å². The molecule has 0 unspecified atom stereocenters. The molecule has 4 aromatic rings. The summed E-state index contributed by atoms with van der Waals surface area (Å²) in [6.07, 6.45) is 2.56. The summed E-state index contributed by atoms with van der Waals surface area (Å²) in [5, 5.41) is 2.82. The van der Waals surface area contributed by atoms with Crippen molar-refractivity contribution in [2.24, 2.45) is 0 Å². The van der Waals surface area contributed by atoms with Gasteiger partial charge in [-0.1, -0.05) is 36.4 Å². The lowest BCUT2D eigenvalue weighted by Crippen LogP contribution is -2.19. The third-order valence-corrected chi connectivity index (χ3v) is 7.27. The fourth-order valence-electron chi connectivity index (χ4n) is 4.09. The van der Waals surface area contributed by atoms with E-state index < -0.39 is 10.0 Å². The van der Waals surface area contributed by atoms with Gasteiger partial charge in [0.15, 0.2) is 0 Å². The number of amides is 1. The van der Waals surface area contributed by atoms with Crippen LogP contribution < -0.4 is 14.9 Å². The lowest BCUT2D eigenvalue weighted by atomic mass is 10.1. The maximum absolute atomic E-state index is 12.7. The van der Waals surface area contributed by atoms with Gasteiger partial charge < -0.3 is 10.2 Å². The number of pyridine rings is 1. The van der Waals surface area contributed by atoms with Crippen LogP contribution in [-0.4, -0.2) is 25.9 Å². The van der Waals surface area contributed by atoms with E-state index >= 15 is 0 Å². The topological polar surface area (TPSA) is 91.4 Å². The summed E-state index contributed by atoms with van der Waals surface area (Å²) in [7, 11) is -3.77. The molecule has 0 aliphatic carbocycles. The number of anilines is 3. The fraction of sp³-hybridized carbons (Fsp3) is 0.111. The van der Waals surface area contributed by atoms with Crippen molar-refractivity contribution in [1.82, 2.24) is 4.98 Å². The molecule has 176 valence electrons. The van der Waals surface area contributed by atoms with E-state index in [1.165, 1.54) is 29.6 Å². The molecule has 0 saturated heterocycles. The summed E-state index contributed by atoms with van der Waals surface area (Å²) in [6, 6.07) is 27.0. The van der Waals surface area contributed by atoms with Crippen molar-refractivity contribution in [3.8, 4) is 0 Å². The second-order valence-corrected chi connectivity index (χ2v) is 9.98. The highest BCUT2D eigenvalue weighted by atomic mass is 32.2. The summed E-state index contributed by atoms with van der Waals surface area (Å²) >= 11 is 0. The molecule has 1 aromatic heterocycles. The van der Waals surface area contributed by atoms with Crippen LogP contribution in [0.3, 0.4) is 0 Å². The number of aromatic nitrogens is 1. The molecule has 1 amide bonds. The lowest BCUT2D eigenvalue weighted by Gasteiger charge is -2.19. The number of carbonyl (C=O) groups excluding carboxylic acids is 1. The molecule has 1 aliphatic rings.